The molecule has 1 aromatic heterocycles. The lowest BCUT2D eigenvalue weighted by atomic mass is 9.93. The maximum atomic E-state index is 4.13. The maximum Gasteiger partial charge on any atom is 0.0271 e. The van der Waals surface area contributed by atoms with E-state index >= 15 is 0 Å². The van der Waals surface area contributed by atoms with E-state index in [1.54, 1.807) is 0 Å². The van der Waals surface area contributed by atoms with E-state index in [9.17, 15) is 0 Å². The normalized spacial score (nSPS) is 29.3. The van der Waals surface area contributed by atoms with Crippen LogP contribution in [0.4, 0.5) is 0 Å². The molecular weight excluding hydrogens is 246 g/mol. The number of nitrogens with zero attached hydrogens (tertiary/aromatic N) is 2. The van der Waals surface area contributed by atoms with E-state index in [2.05, 4.69) is 41.2 Å². The van der Waals surface area contributed by atoms with Gasteiger partial charge in [0, 0.05) is 44.1 Å². The fourth-order valence-electron chi connectivity index (χ4n) is 3.41. The Balaban J connectivity index is 1.70. The van der Waals surface area contributed by atoms with Gasteiger partial charge in [-0.1, -0.05) is 20.3 Å². The molecule has 3 rings (SSSR count). The van der Waals surface area contributed by atoms with Crippen LogP contribution >= 0.6 is 0 Å². The van der Waals surface area contributed by atoms with Crippen LogP contribution in [-0.4, -0.2) is 35.1 Å². The van der Waals surface area contributed by atoms with E-state index in [0.29, 0.717) is 6.04 Å². The standard InChI is InChI=1S/C17H27N3/c1-3-13(2)17-10-19-16(15-4-5-15)12-20(17)11-14-6-8-18-9-7-14/h6-9,13,15-17,19H,3-5,10-12H2,1-2H3. The summed E-state index contributed by atoms with van der Waals surface area (Å²) in [6.45, 7) is 8.14. The molecule has 3 unspecified atom stereocenters. The monoisotopic (exact) mass is 273 g/mol. The fourth-order valence-corrected chi connectivity index (χ4v) is 3.41. The van der Waals surface area contributed by atoms with Gasteiger partial charge in [-0.15, -0.1) is 0 Å². The smallest absolute Gasteiger partial charge is 0.0271 e. The first kappa shape index (κ1) is 14.0. The summed E-state index contributed by atoms with van der Waals surface area (Å²) in [5.74, 6) is 1.69. The van der Waals surface area contributed by atoms with E-state index in [1.165, 1.54) is 31.4 Å². The van der Waals surface area contributed by atoms with Crippen molar-refractivity contribution in [3.8, 4) is 0 Å². The van der Waals surface area contributed by atoms with E-state index < -0.39 is 0 Å². The van der Waals surface area contributed by atoms with Crippen LogP contribution < -0.4 is 5.32 Å². The average Bonchev–Trinajstić information content (AvgIpc) is 3.32. The molecule has 110 valence electrons. The Hall–Kier alpha value is -0.930. The zero-order valence-electron chi connectivity index (χ0n) is 12.8. The molecule has 1 aliphatic heterocycles. The van der Waals surface area contributed by atoms with Gasteiger partial charge in [-0.3, -0.25) is 9.88 Å². The van der Waals surface area contributed by atoms with Gasteiger partial charge in [-0.25, -0.2) is 0 Å². The molecule has 1 saturated heterocycles. The molecule has 1 N–H and O–H groups in total. The lowest BCUT2D eigenvalue weighted by Crippen LogP contribution is -2.58. The number of nitrogens with one attached hydrogen (secondary N) is 1. The van der Waals surface area contributed by atoms with Gasteiger partial charge in [0.25, 0.3) is 0 Å². The highest BCUT2D eigenvalue weighted by atomic mass is 15.2. The summed E-state index contributed by atoms with van der Waals surface area (Å²) >= 11 is 0. The number of rotatable bonds is 5. The highest BCUT2D eigenvalue weighted by Gasteiger charge is 2.38. The molecule has 0 aromatic carbocycles. The Morgan fingerprint density at radius 1 is 1.35 bits per heavy atom. The summed E-state index contributed by atoms with van der Waals surface area (Å²) in [5, 5.41) is 3.81. The largest absolute Gasteiger partial charge is 0.311 e. The SMILES string of the molecule is CCC(C)C1CNC(C2CC2)CN1Cc1ccncc1. The lowest BCUT2D eigenvalue weighted by molar-refractivity contribution is 0.0787. The number of hydrogen-bond acceptors (Lipinski definition) is 3. The van der Waals surface area contributed by atoms with Crippen molar-refractivity contribution in [2.24, 2.45) is 11.8 Å². The molecule has 20 heavy (non-hydrogen) atoms. The molecule has 2 aliphatic rings. The molecule has 1 saturated carbocycles. The van der Waals surface area contributed by atoms with Crippen molar-refractivity contribution in [3.05, 3.63) is 30.1 Å². The molecule has 0 spiro atoms. The topological polar surface area (TPSA) is 28.2 Å². The third-order valence-corrected chi connectivity index (χ3v) is 5.12. The molecule has 2 heterocycles. The summed E-state index contributed by atoms with van der Waals surface area (Å²) < 4.78 is 0. The summed E-state index contributed by atoms with van der Waals surface area (Å²) in [5.41, 5.74) is 1.39. The van der Waals surface area contributed by atoms with Gasteiger partial charge >= 0.3 is 0 Å². The summed E-state index contributed by atoms with van der Waals surface area (Å²) in [6.07, 6.45) is 7.93. The lowest BCUT2D eigenvalue weighted by Gasteiger charge is -2.43. The van der Waals surface area contributed by atoms with Crippen LogP contribution in [0.5, 0.6) is 0 Å². The van der Waals surface area contributed by atoms with Crippen LogP contribution in [-0.2, 0) is 6.54 Å². The van der Waals surface area contributed by atoms with Gasteiger partial charge in [0.2, 0.25) is 0 Å². The molecule has 3 atom stereocenters. The molecule has 0 radical (unpaired) electrons. The van der Waals surface area contributed by atoms with Crippen molar-refractivity contribution in [3.63, 3.8) is 0 Å². The molecule has 1 aliphatic carbocycles. The van der Waals surface area contributed by atoms with Crippen molar-refractivity contribution in [2.75, 3.05) is 13.1 Å². The molecule has 0 amide bonds. The van der Waals surface area contributed by atoms with E-state index in [0.717, 1.165) is 31.0 Å². The van der Waals surface area contributed by atoms with Crippen LogP contribution in [0.2, 0.25) is 0 Å². The molecule has 2 fully saturated rings. The molecule has 3 heteroatoms. The van der Waals surface area contributed by atoms with Gasteiger partial charge in [-0.2, -0.15) is 0 Å². The van der Waals surface area contributed by atoms with Crippen molar-refractivity contribution in [2.45, 2.75) is 51.7 Å². The van der Waals surface area contributed by atoms with Gasteiger partial charge in [0.1, 0.15) is 0 Å². The number of piperazine rings is 1. The first-order valence-corrected chi connectivity index (χ1v) is 8.14. The van der Waals surface area contributed by atoms with Crippen molar-refractivity contribution >= 4 is 0 Å². The Kier molecular flexibility index (Phi) is 4.37. The quantitative estimate of drug-likeness (QED) is 0.894. The van der Waals surface area contributed by atoms with E-state index in [1.807, 2.05) is 12.4 Å². The molecule has 0 bridgehead atoms. The number of hydrogen-bond donors (Lipinski definition) is 1. The maximum absolute atomic E-state index is 4.13. The highest BCUT2D eigenvalue weighted by Crippen LogP contribution is 2.35. The summed E-state index contributed by atoms with van der Waals surface area (Å²) in [7, 11) is 0. The third kappa shape index (κ3) is 3.21. The minimum absolute atomic E-state index is 0.670. The van der Waals surface area contributed by atoms with Crippen LogP contribution in [0.15, 0.2) is 24.5 Å². The Labute approximate surface area is 122 Å². The summed E-state index contributed by atoms with van der Waals surface area (Å²) in [4.78, 5) is 6.84. The van der Waals surface area contributed by atoms with Crippen LogP contribution in [0.25, 0.3) is 0 Å². The zero-order valence-corrected chi connectivity index (χ0v) is 12.8. The van der Waals surface area contributed by atoms with Crippen molar-refractivity contribution in [1.29, 1.82) is 0 Å². The van der Waals surface area contributed by atoms with Crippen LogP contribution in [0.3, 0.4) is 0 Å². The molecular formula is C17H27N3. The van der Waals surface area contributed by atoms with Gasteiger partial charge in [-0.05, 0) is 42.4 Å². The Bertz CT molecular complexity index is 416. The second-order valence-electron chi connectivity index (χ2n) is 6.59. The van der Waals surface area contributed by atoms with E-state index in [4.69, 9.17) is 0 Å². The number of pyridine rings is 1. The van der Waals surface area contributed by atoms with Gasteiger partial charge < -0.3 is 5.32 Å². The fraction of sp³-hybridized carbons (Fsp3) is 0.706. The highest BCUT2D eigenvalue weighted by molar-refractivity contribution is 5.10. The second kappa shape index (κ2) is 6.23. The molecule has 1 aromatic rings. The first-order valence-electron chi connectivity index (χ1n) is 8.14. The Morgan fingerprint density at radius 2 is 2.10 bits per heavy atom. The van der Waals surface area contributed by atoms with Crippen molar-refractivity contribution in [1.82, 2.24) is 15.2 Å². The first-order chi connectivity index (χ1) is 9.78. The predicted octanol–water partition coefficient (Wildman–Crippen LogP) is 2.68. The molecule has 3 nitrogen and oxygen atoms in total. The predicted molar refractivity (Wildman–Crippen MR) is 82.4 cm³/mol. The van der Waals surface area contributed by atoms with Crippen LogP contribution in [0.1, 0.15) is 38.7 Å². The Morgan fingerprint density at radius 3 is 2.75 bits per heavy atom. The minimum atomic E-state index is 0.670. The van der Waals surface area contributed by atoms with Gasteiger partial charge in [0.05, 0.1) is 0 Å². The zero-order chi connectivity index (χ0) is 13.9. The summed E-state index contributed by atoms with van der Waals surface area (Å²) in [6, 6.07) is 5.70. The van der Waals surface area contributed by atoms with E-state index in [-0.39, 0.29) is 0 Å². The van der Waals surface area contributed by atoms with Crippen LogP contribution in [0, 0.1) is 11.8 Å². The number of aromatic nitrogens is 1. The second-order valence-corrected chi connectivity index (χ2v) is 6.59. The van der Waals surface area contributed by atoms with Crippen molar-refractivity contribution < 1.29 is 0 Å². The minimum Gasteiger partial charge on any atom is -0.311 e. The van der Waals surface area contributed by atoms with Gasteiger partial charge in [0.15, 0.2) is 0 Å². The third-order valence-electron chi connectivity index (χ3n) is 5.12. The average molecular weight is 273 g/mol.